The predicted molar refractivity (Wildman–Crippen MR) is 130 cm³/mol. The highest BCUT2D eigenvalue weighted by Crippen LogP contribution is 2.28. The number of amides is 1. The molecule has 5 heteroatoms. The molecule has 0 fully saturated rings. The molecule has 5 aromatic rings. The predicted octanol–water partition coefficient (Wildman–Crippen LogP) is 6.01. The number of rotatable bonds is 7. The van der Waals surface area contributed by atoms with Crippen molar-refractivity contribution in [2.45, 2.75) is 12.3 Å². The number of hydrogen-bond acceptors (Lipinski definition) is 3. The molecule has 0 saturated heterocycles. The van der Waals surface area contributed by atoms with Crippen molar-refractivity contribution in [2.24, 2.45) is 0 Å². The second-order valence-corrected chi connectivity index (χ2v) is 8.52. The van der Waals surface area contributed by atoms with E-state index in [-0.39, 0.29) is 11.8 Å². The SMILES string of the molecule is O=C(NCCC(c1ccccc1)c1ccccc1)c1csc2nc(-c3ccccc3)cn12. The number of thiazole rings is 1. The van der Waals surface area contributed by atoms with Crippen LogP contribution >= 0.6 is 11.3 Å². The summed E-state index contributed by atoms with van der Waals surface area (Å²) in [6, 6.07) is 31.0. The van der Waals surface area contributed by atoms with Crippen LogP contribution in [0.1, 0.15) is 34.0 Å². The van der Waals surface area contributed by atoms with Gasteiger partial charge in [-0.1, -0.05) is 91.0 Å². The van der Waals surface area contributed by atoms with Crippen LogP contribution < -0.4 is 5.32 Å². The van der Waals surface area contributed by atoms with E-state index in [0.717, 1.165) is 22.6 Å². The quantitative estimate of drug-likeness (QED) is 0.339. The summed E-state index contributed by atoms with van der Waals surface area (Å²) in [5.41, 5.74) is 5.06. The minimum Gasteiger partial charge on any atom is -0.351 e. The van der Waals surface area contributed by atoms with Crippen LogP contribution in [-0.2, 0) is 0 Å². The molecule has 158 valence electrons. The first-order valence-corrected chi connectivity index (χ1v) is 11.6. The number of hydrogen-bond donors (Lipinski definition) is 1. The van der Waals surface area contributed by atoms with Crippen molar-refractivity contribution in [2.75, 3.05) is 6.54 Å². The van der Waals surface area contributed by atoms with Crippen LogP contribution in [0.3, 0.4) is 0 Å². The van der Waals surface area contributed by atoms with Crippen LogP contribution in [0.2, 0.25) is 0 Å². The number of carbonyl (C=O) groups excluding carboxylic acids is 1. The third-order valence-electron chi connectivity index (χ3n) is 5.63. The Morgan fingerprint density at radius 3 is 2.09 bits per heavy atom. The molecular weight excluding hydrogens is 414 g/mol. The Labute approximate surface area is 191 Å². The van der Waals surface area contributed by atoms with Gasteiger partial charge >= 0.3 is 0 Å². The summed E-state index contributed by atoms with van der Waals surface area (Å²) in [7, 11) is 0. The van der Waals surface area contributed by atoms with E-state index >= 15 is 0 Å². The summed E-state index contributed by atoms with van der Waals surface area (Å²) in [5, 5.41) is 4.99. The third-order valence-corrected chi connectivity index (χ3v) is 6.47. The van der Waals surface area contributed by atoms with E-state index in [0.29, 0.717) is 12.2 Å². The summed E-state index contributed by atoms with van der Waals surface area (Å²) in [4.78, 5) is 18.5. The minimum atomic E-state index is -0.0758. The van der Waals surface area contributed by atoms with Gasteiger partial charge in [-0.15, -0.1) is 11.3 Å². The molecule has 1 N–H and O–H groups in total. The number of nitrogens with zero attached hydrogens (tertiary/aromatic N) is 2. The maximum atomic E-state index is 13.0. The van der Waals surface area contributed by atoms with E-state index in [1.807, 2.05) is 58.4 Å². The average Bonchev–Trinajstić information content (AvgIpc) is 3.45. The first-order chi connectivity index (χ1) is 15.8. The Morgan fingerprint density at radius 2 is 1.47 bits per heavy atom. The van der Waals surface area contributed by atoms with Gasteiger partial charge in [0.05, 0.1) is 5.69 Å². The summed E-state index contributed by atoms with van der Waals surface area (Å²) in [6.45, 7) is 0.588. The van der Waals surface area contributed by atoms with E-state index in [4.69, 9.17) is 0 Å². The van der Waals surface area contributed by atoms with Gasteiger partial charge in [0.1, 0.15) is 5.69 Å². The topological polar surface area (TPSA) is 46.4 Å². The lowest BCUT2D eigenvalue weighted by molar-refractivity contribution is 0.0947. The summed E-state index contributed by atoms with van der Waals surface area (Å²) in [5.74, 6) is 0.159. The molecule has 2 heterocycles. The van der Waals surface area contributed by atoms with Gasteiger partial charge < -0.3 is 5.32 Å². The number of imidazole rings is 1. The number of fused-ring (bicyclic) bond motifs is 1. The monoisotopic (exact) mass is 437 g/mol. The van der Waals surface area contributed by atoms with E-state index in [2.05, 4.69) is 58.8 Å². The minimum absolute atomic E-state index is 0.0758. The van der Waals surface area contributed by atoms with Crippen molar-refractivity contribution in [1.29, 1.82) is 0 Å². The van der Waals surface area contributed by atoms with Gasteiger partial charge in [-0.3, -0.25) is 9.20 Å². The van der Waals surface area contributed by atoms with E-state index < -0.39 is 0 Å². The first-order valence-electron chi connectivity index (χ1n) is 10.7. The normalized spacial score (nSPS) is 11.2. The molecule has 0 aliphatic carbocycles. The fraction of sp³-hybridized carbons (Fsp3) is 0.111. The van der Waals surface area contributed by atoms with Gasteiger partial charge in [-0.2, -0.15) is 0 Å². The molecule has 1 amide bonds. The molecule has 0 aliphatic rings. The summed E-state index contributed by atoms with van der Waals surface area (Å²) < 4.78 is 1.88. The molecule has 0 radical (unpaired) electrons. The van der Waals surface area contributed by atoms with Crippen LogP contribution in [0.5, 0.6) is 0 Å². The van der Waals surface area contributed by atoms with Gasteiger partial charge in [0, 0.05) is 29.6 Å². The second kappa shape index (κ2) is 9.20. The lowest BCUT2D eigenvalue weighted by Gasteiger charge is -2.18. The molecule has 0 unspecified atom stereocenters. The highest BCUT2D eigenvalue weighted by Gasteiger charge is 2.17. The van der Waals surface area contributed by atoms with Crippen molar-refractivity contribution < 1.29 is 4.79 Å². The Hall–Kier alpha value is -3.70. The molecule has 0 bridgehead atoms. The highest BCUT2D eigenvalue weighted by molar-refractivity contribution is 7.15. The lowest BCUT2D eigenvalue weighted by atomic mass is 9.88. The summed E-state index contributed by atoms with van der Waals surface area (Å²) in [6.07, 6.45) is 2.76. The molecule has 2 aromatic heterocycles. The fourth-order valence-electron chi connectivity index (χ4n) is 4.01. The van der Waals surface area contributed by atoms with Crippen LogP contribution in [0.15, 0.2) is 103 Å². The number of carbonyl (C=O) groups is 1. The van der Waals surface area contributed by atoms with Gasteiger partial charge in [0.15, 0.2) is 4.96 Å². The van der Waals surface area contributed by atoms with E-state index in [1.54, 1.807) is 0 Å². The largest absolute Gasteiger partial charge is 0.351 e. The first kappa shape index (κ1) is 20.2. The van der Waals surface area contributed by atoms with Crippen molar-refractivity contribution in [3.05, 3.63) is 119 Å². The Bertz CT molecular complexity index is 1270. The molecule has 32 heavy (non-hydrogen) atoms. The maximum Gasteiger partial charge on any atom is 0.269 e. The molecule has 0 spiro atoms. The van der Waals surface area contributed by atoms with Crippen LogP contribution in [-0.4, -0.2) is 21.8 Å². The van der Waals surface area contributed by atoms with Crippen LogP contribution in [0, 0.1) is 0 Å². The van der Waals surface area contributed by atoms with Crippen LogP contribution in [0.4, 0.5) is 0 Å². The highest BCUT2D eigenvalue weighted by atomic mass is 32.1. The van der Waals surface area contributed by atoms with Crippen molar-refractivity contribution in [3.63, 3.8) is 0 Å². The van der Waals surface area contributed by atoms with Gasteiger partial charge in [0.25, 0.3) is 5.91 Å². The molecule has 0 atom stereocenters. The molecular formula is C27H23N3OS. The third kappa shape index (κ3) is 4.20. The van der Waals surface area contributed by atoms with Crippen molar-refractivity contribution in [1.82, 2.24) is 14.7 Å². The Kier molecular flexibility index (Phi) is 5.81. The average molecular weight is 438 g/mol. The zero-order valence-corrected chi connectivity index (χ0v) is 18.3. The number of nitrogens with one attached hydrogen (secondary N) is 1. The fourth-order valence-corrected chi connectivity index (χ4v) is 4.87. The van der Waals surface area contributed by atoms with Crippen LogP contribution in [0.25, 0.3) is 16.2 Å². The lowest BCUT2D eigenvalue weighted by Crippen LogP contribution is -2.26. The molecule has 5 rings (SSSR count). The zero-order valence-electron chi connectivity index (χ0n) is 17.5. The smallest absolute Gasteiger partial charge is 0.269 e. The summed E-state index contributed by atoms with van der Waals surface area (Å²) >= 11 is 1.48. The number of aromatic nitrogens is 2. The van der Waals surface area contributed by atoms with E-state index in [1.165, 1.54) is 22.5 Å². The molecule has 3 aromatic carbocycles. The second-order valence-electron chi connectivity index (χ2n) is 7.68. The van der Waals surface area contributed by atoms with Crippen molar-refractivity contribution >= 4 is 22.2 Å². The molecule has 0 aliphatic heterocycles. The van der Waals surface area contributed by atoms with Gasteiger partial charge in [-0.05, 0) is 17.5 Å². The Balaban J connectivity index is 1.31. The maximum absolute atomic E-state index is 13.0. The van der Waals surface area contributed by atoms with Gasteiger partial charge in [0.2, 0.25) is 0 Å². The Morgan fingerprint density at radius 1 is 0.875 bits per heavy atom. The van der Waals surface area contributed by atoms with E-state index in [9.17, 15) is 4.79 Å². The number of benzene rings is 3. The van der Waals surface area contributed by atoms with Crippen molar-refractivity contribution in [3.8, 4) is 11.3 Å². The molecule has 0 saturated carbocycles. The molecule has 4 nitrogen and oxygen atoms in total. The standard InChI is InChI=1S/C27H23N3OS/c31-26(25-19-32-27-29-24(18-30(25)27)22-14-8-3-9-15-22)28-17-16-23(20-10-4-1-5-11-20)21-12-6-2-7-13-21/h1-15,18-19,23H,16-17H2,(H,28,31). The zero-order chi connectivity index (χ0) is 21.8. The van der Waals surface area contributed by atoms with Gasteiger partial charge in [-0.25, -0.2) is 4.98 Å².